The molecule has 0 bridgehead atoms. The highest BCUT2D eigenvalue weighted by Crippen LogP contribution is 2.28. The largest absolute Gasteiger partial charge is 0.485 e. The summed E-state index contributed by atoms with van der Waals surface area (Å²) in [6.07, 6.45) is 0.672. The number of nitrogens with one attached hydrogen (secondary N) is 1. The second kappa shape index (κ2) is 10.1. The van der Waals surface area contributed by atoms with Crippen molar-refractivity contribution in [2.45, 2.75) is 50.9 Å². The third-order valence-electron chi connectivity index (χ3n) is 4.53. The van der Waals surface area contributed by atoms with Crippen molar-refractivity contribution in [3.05, 3.63) is 29.1 Å². The molecule has 5 nitrogen and oxygen atoms in total. The van der Waals surface area contributed by atoms with Crippen molar-refractivity contribution in [1.82, 2.24) is 15.2 Å². The van der Waals surface area contributed by atoms with Gasteiger partial charge in [-0.05, 0) is 32.0 Å². The lowest BCUT2D eigenvalue weighted by molar-refractivity contribution is -0.148. The Balaban J connectivity index is 1.91. The van der Waals surface area contributed by atoms with Gasteiger partial charge < -0.3 is 15.0 Å². The molecule has 1 N–H and O–H groups in total. The van der Waals surface area contributed by atoms with Crippen molar-refractivity contribution in [3.8, 4) is 5.75 Å². The monoisotopic (exact) mass is 419 g/mol. The highest BCUT2D eigenvalue weighted by atomic mass is 35.5. The lowest BCUT2D eigenvalue weighted by atomic mass is 10.2. The maximum absolute atomic E-state index is 12.3. The van der Waals surface area contributed by atoms with Gasteiger partial charge in [0, 0.05) is 31.6 Å². The van der Waals surface area contributed by atoms with Crippen molar-refractivity contribution < 1.29 is 22.7 Å². The molecule has 2 rings (SSSR count). The first-order chi connectivity index (χ1) is 13.2. The lowest BCUT2D eigenvalue weighted by Gasteiger charge is -2.18. The molecule has 156 valence electrons. The van der Waals surface area contributed by atoms with E-state index in [4.69, 9.17) is 16.3 Å². The molecule has 1 fully saturated rings. The summed E-state index contributed by atoms with van der Waals surface area (Å²) >= 11 is 6.10. The Morgan fingerprint density at radius 1 is 1.54 bits per heavy atom. The first kappa shape index (κ1) is 22.5. The molecule has 0 unspecified atom stereocenters. The average Bonchev–Trinajstić information content (AvgIpc) is 3.10. The first-order valence-electron chi connectivity index (χ1n) is 9.18. The second-order valence-electron chi connectivity index (χ2n) is 6.87. The number of aromatic nitrogens is 1. The Hall–Kier alpha value is -1.80. The van der Waals surface area contributed by atoms with Crippen LogP contribution < -0.4 is 10.1 Å². The van der Waals surface area contributed by atoms with Crippen LogP contribution in [-0.4, -0.2) is 54.3 Å². The third kappa shape index (κ3) is 7.31. The summed E-state index contributed by atoms with van der Waals surface area (Å²) in [5.74, 6) is -0.108. The van der Waals surface area contributed by atoms with Crippen molar-refractivity contribution in [2.75, 3.05) is 20.1 Å². The SMILES string of the molecule is CN[C@@H](C)C/C=C/c1cnc(Cl)c(O[C@@H]2CCN(C(=O)CCC(F)(F)F)C2)c1. The van der Waals surface area contributed by atoms with Gasteiger partial charge in [0.05, 0.1) is 13.0 Å². The molecule has 1 aromatic heterocycles. The zero-order chi connectivity index (χ0) is 20.7. The molecule has 0 aliphatic carbocycles. The van der Waals surface area contributed by atoms with E-state index in [0.29, 0.717) is 24.8 Å². The summed E-state index contributed by atoms with van der Waals surface area (Å²) in [7, 11) is 1.90. The van der Waals surface area contributed by atoms with E-state index >= 15 is 0 Å². The number of carbonyl (C=O) groups excluding carboxylic acids is 1. The van der Waals surface area contributed by atoms with Gasteiger partial charge in [-0.2, -0.15) is 13.2 Å². The Morgan fingerprint density at radius 3 is 2.96 bits per heavy atom. The number of amides is 1. The van der Waals surface area contributed by atoms with Gasteiger partial charge in [-0.25, -0.2) is 4.98 Å². The van der Waals surface area contributed by atoms with Gasteiger partial charge in [0.25, 0.3) is 0 Å². The number of nitrogens with zero attached hydrogens (tertiary/aromatic N) is 2. The highest BCUT2D eigenvalue weighted by molar-refractivity contribution is 6.30. The van der Waals surface area contributed by atoms with E-state index in [9.17, 15) is 18.0 Å². The van der Waals surface area contributed by atoms with Gasteiger partial charge in [-0.15, -0.1) is 0 Å². The molecule has 1 aliphatic heterocycles. The van der Waals surface area contributed by atoms with Crippen LogP contribution in [0.3, 0.4) is 0 Å². The summed E-state index contributed by atoms with van der Waals surface area (Å²) < 4.78 is 42.7. The second-order valence-corrected chi connectivity index (χ2v) is 7.23. The molecule has 1 aromatic rings. The predicted octanol–water partition coefficient (Wildman–Crippen LogP) is 4.07. The van der Waals surface area contributed by atoms with Crippen LogP contribution in [0.4, 0.5) is 13.2 Å². The fraction of sp³-hybridized carbons (Fsp3) is 0.579. The maximum atomic E-state index is 12.3. The minimum absolute atomic E-state index is 0.211. The lowest BCUT2D eigenvalue weighted by Crippen LogP contribution is -2.31. The molecule has 2 heterocycles. The van der Waals surface area contributed by atoms with Gasteiger partial charge in [0.2, 0.25) is 5.91 Å². The van der Waals surface area contributed by atoms with Crippen LogP contribution >= 0.6 is 11.6 Å². The van der Waals surface area contributed by atoms with Crippen LogP contribution in [-0.2, 0) is 4.79 Å². The van der Waals surface area contributed by atoms with Crippen molar-refractivity contribution in [1.29, 1.82) is 0 Å². The van der Waals surface area contributed by atoms with E-state index < -0.39 is 24.9 Å². The molecule has 28 heavy (non-hydrogen) atoms. The minimum Gasteiger partial charge on any atom is -0.485 e. The molecule has 0 spiro atoms. The number of hydrogen-bond donors (Lipinski definition) is 1. The van der Waals surface area contributed by atoms with Gasteiger partial charge in [0.15, 0.2) is 10.9 Å². The van der Waals surface area contributed by atoms with Crippen LogP contribution in [0.2, 0.25) is 5.15 Å². The van der Waals surface area contributed by atoms with Crippen LogP contribution in [0, 0.1) is 0 Å². The fourth-order valence-electron chi connectivity index (χ4n) is 2.78. The van der Waals surface area contributed by atoms with Gasteiger partial charge in [0.1, 0.15) is 6.10 Å². The van der Waals surface area contributed by atoms with E-state index in [1.165, 1.54) is 4.90 Å². The maximum Gasteiger partial charge on any atom is 0.389 e. The molecule has 0 saturated carbocycles. The molecular weight excluding hydrogens is 395 g/mol. The van der Waals surface area contributed by atoms with Crippen LogP contribution in [0.25, 0.3) is 6.08 Å². The quantitative estimate of drug-likeness (QED) is 0.645. The number of alkyl halides is 3. The molecule has 2 atom stereocenters. The summed E-state index contributed by atoms with van der Waals surface area (Å²) in [5, 5.41) is 3.35. The summed E-state index contributed by atoms with van der Waals surface area (Å²) in [4.78, 5) is 17.4. The fourth-order valence-corrected chi connectivity index (χ4v) is 2.93. The number of carbonyl (C=O) groups is 1. The van der Waals surface area contributed by atoms with E-state index in [-0.39, 0.29) is 17.8 Å². The Labute approximate surface area is 167 Å². The topological polar surface area (TPSA) is 54.5 Å². The molecule has 0 aromatic carbocycles. The molecule has 0 radical (unpaired) electrons. The van der Waals surface area contributed by atoms with E-state index in [2.05, 4.69) is 17.2 Å². The molecule has 1 aliphatic rings. The third-order valence-corrected chi connectivity index (χ3v) is 4.82. The number of pyridine rings is 1. The molecule has 9 heteroatoms. The zero-order valence-electron chi connectivity index (χ0n) is 15.9. The van der Waals surface area contributed by atoms with Crippen LogP contribution in [0.15, 0.2) is 18.3 Å². The first-order valence-corrected chi connectivity index (χ1v) is 9.56. The van der Waals surface area contributed by atoms with Crippen LogP contribution in [0.5, 0.6) is 5.75 Å². The average molecular weight is 420 g/mol. The number of likely N-dealkylation sites (tertiary alicyclic amines) is 1. The van der Waals surface area contributed by atoms with Gasteiger partial charge >= 0.3 is 6.18 Å². The number of ether oxygens (including phenoxy) is 1. The molecule has 1 amide bonds. The van der Waals surface area contributed by atoms with Crippen molar-refractivity contribution in [3.63, 3.8) is 0 Å². The summed E-state index contributed by atoms with van der Waals surface area (Å²) in [6, 6.07) is 2.12. The minimum atomic E-state index is -4.33. The van der Waals surface area contributed by atoms with E-state index in [1.807, 2.05) is 19.2 Å². The predicted molar refractivity (Wildman–Crippen MR) is 102 cm³/mol. The van der Waals surface area contributed by atoms with Gasteiger partial charge in [-0.3, -0.25) is 4.79 Å². The van der Waals surface area contributed by atoms with Crippen molar-refractivity contribution in [2.24, 2.45) is 0 Å². The summed E-state index contributed by atoms with van der Waals surface area (Å²) in [6.45, 7) is 2.68. The number of halogens is 4. The number of hydrogen-bond acceptors (Lipinski definition) is 4. The van der Waals surface area contributed by atoms with E-state index in [1.54, 1.807) is 12.3 Å². The Bertz CT molecular complexity index is 697. The standard InChI is InChI=1S/C19H25ClF3N3O2/c1-13(24-2)4-3-5-14-10-16(18(20)25-11-14)28-15-7-9-26(12-15)17(27)6-8-19(21,22)23/h3,5,10-11,13,15,24H,4,6-9,12H2,1-2H3/b5-3+/t13-,15+/m0/s1. The summed E-state index contributed by atoms with van der Waals surface area (Å²) in [5.41, 5.74) is 0.832. The van der Waals surface area contributed by atoms with Crippen LogP contribution in [0.1, 0.15) is 38.2 Å². The number of rotatable bonds is 8. The van der Waals surface area contributed by atoms with Gasteiger partial charge in [-0.1, -0.05) is 23.8 Å². The molecule has 1 saturated heterocycles. The van der Waals surface area contributed by atoms with E-state index in [0.717, 1.165) is 12.0 Å². The van der Waals surface area contributed by atoms with Crippen molar-refractivity contribution >= 4 is 23.6 Å². The normalized spacial score (nSPS) is 18.6. The molecular formula is C19H25ClF3N3O2. The highest BCUT2D eigenvalue weighted by Gasteiger charge is 2.32. The smallest absolute Gasteiger partial charge is 0.389 e. The zero-order valence-corrected chi connectivity index (χ0v) is 16.7. The Morgan fingerprint density at radius 2 is 2.29 bits per heavy atom. The Kier molecular flexibility index (Phi) is 8.12.